The standard InChI is InChI=1S/C22H28N2O4.ClH/c1-16(22(25)27-3)28-18-10-8-17(9-11-18)15-24-13-12-23-14-20(24)19-6-4-5-7-21(19)26-2;/h4-11,16,20,23H,12-15H2,1-3H3;1H. The minimum atomic E-state index is -0.626. The van der Waals surface area contributed by atoms with Crippen LogP contribution in [0.4, 0.5) is 0 Å². The lowest BCUT2D eigenvalue weighted by Crippen LogP contribution is -2.45. The van der Waals surface area contributed by atoms with Crippen molar-refractivity contribution in [3.63, 3.8) is 0 Å². The van der Waals surface area contributed by atoms with Crippen LogP contribution in [0.2, 0.25) is 0 Å². The van der Waals surface area contributed by atoms with E-state index in [1.165, 1.54) is 18.2 Å². The average Bonchev–Trinajstić information content (AvgIpc) is 2.74. The minimum absolute atomic E-state index is 0. The lowest BCUT2D eigenvalue weighted by Gasteiger charge is -2.37. The lowest BCUT2D eigenvalue weighted by atomic mass is 10.0. The second kappa shape index (κ2) is 11.0. The average molecular weight is 421 g/mol. The van der Waals surface area contributed by atoms with Gasteiger partial charge >= 0.3 is 5.97 Å². The van der Waals surface area contributed by atoms with Gasteiger partial charge in [-0.15, -0.1) is 12.4 Å². The molecule has 2 atom stereocenters. The van der Waals surface area contributed by atoms with E-state index in [2.05, 4.69) is 22.3 Å². The van der Waals surface area contributed by atoms with E-state index < -0.39 is 6.10 Å². The summed E-state index contributed by atoms with van der Waals surface area (Å²) in [5, 5.41) is 3.49. The molecule has 0 saturated carbocycles. The Morgan fingerprint density at radius 3 is 2.59 bits per heavy atom. The van der Waals surface area contributed by atoms with Crippen molar-refractivity contribution in [2.24, 2.45) is 0 Å². The largest absolute Gasteiger partial charge is 0.496 e. The number of hydrogen-bond acceptors (Lipinski definition) is 6. The molecule has 2 aromatic carbocycles. The summed E-state index contributed by atoms with van der Waals surface area (Å²) in [7, 11) is 3.07. The Balaban J connectivity index is 0.00000300. The molecular weight excluding hydrogens is 392 g/mol. The van der Waals surface area contributed by atoms with E-state index in [0.29, 0.717) is 5.75 Å². The van der Waals surface area contributed by atoms with Crippen molar-refractivity contribution in [2.45, 2.75) is 25.6 Å². The maximum atomic E-state index is 11.5. The summed E-state index contributed by atoms with van der Waals surface area (Å²) < 4.78 is 15.9. The van der Waals surface area contributed by atoms with E-state index in [1.54, 1.807) is 14.0 Å². The lowest BCUT2D eigenvalue weighted by molar-refractivity contribution is -0.147. The number of ether oxygens (including phenoxy) is 3. The van der Waals surface area contributed by atoms with Crippen molar-refractivity contribution < 1.29 is 19.0 Å². The first-order chi connectivity index (χ1) is 13.6. The third-order valence-electron chi connectivity index (χ3n) is 5.01. The van der Waals surface area contributed by atoms with Gasteiger partial charge in [0, 0.05) is 31.7 Å². The van der Waals surface area contributed by atoms with Crippen LogP contribution in [-0.2, 0) is 16.1 Å². The molecule has 3 rings (SSSR count). The normalized spacial score (nSPS) is 17.7. The number of esters is 1. The highest BCUT2D eigenvalue weighted by Gasteiger charge is 2.26. The van der Waals surface area contributed by atoms with E-state index in [-0.39, 0.29) is 24.4 Å². The fourth-order valence-corrected chi connectivity index (χ4v) is 3.51. The summed E-state index contributed by atoms with van der Waals surface area (Å²) in [4.78, 5) is 14.0. The molecule has 1 aliphatic heterocycles. The van der Waals surface area contributed by atoms with Gasteiger partial charge in [0.1, 0.15) is 11.5 Å². The number of hydrogen-bond donors (Lipinski definition) is 1. The van der Waals surface area contributed by atoms with Crippen molar-refractivity contribution in [1.29, 1.82) is 0 Å². The number of carbonyl (C=O) groups is 1. The van der Waals surface area contributed by atoms with Crippen LogP contribution in [0, 0.1) is 0 Å². The summed E-state index contributed by atoms with van der Waals surface area (Å²) in [5.74, 6) is 1.19. The fraction of sp³-hybridized carbons (Fsp3) is 0.409. The zero-order chi connectivity index (χ0) is 19.9. The monoisotopic (exact) mass is 420 g/mol. The first-order valence-electron chi connectivity index (χ1n) is 9.53. The molecule has 1 saturated heterocycles. The van der Waals surface area contributed by atoms with E-state index in [1.807, 2.05) is 36.4 Å². The van der Waals surface area contributed by atoms with Crippen LogP contribution in [0.5, 0.6) is 11.5 Å². The van der Waals surface area contributed by atoms with Crippen molar-refractivity contribution >= 4 is 18.4 Å². The zero-order valence-corrected chi connectivity index (χ0v) is 17.9. The van der Waals surface area contributed by atoms with Crippen LogP contribution in [0.3, 0.4) is 0 Å². The highest BCUT2D eigenvalue weighted by atomic mass is 35.5. The van der Waals surface area contributed by atoms with E-state index >= 15 is 0 Å². The molecule has 1 fully saturated rings. The van der Waals surface area contributed by atoms with E-state index in [9.17, 15) is 4.79 Å². The molecule has 2 unspecified atom stereocenters. The van der Waals surface area contributed by atoms with E-state index in [4.69, 9.17) is 14.2 Å². The molecule has 0 aromatic heterocycles. The van der Waals surface area contributed by atoms with Gasteiger partial charge in [-0.1, -0.05) is 30.3 Å². The maximum Gasteiger partial charge on any atom is 0.346 e. The Kier molecular flexibility index (Phi) is 8.76. The van der Waals surface area contributed by atoms with Gasteiger partial charge < -0.3 is 19.5 Å². The summed E-state index contributed by atoms with van der Waals surface area (Å²) >= 11 is 0. The number of benzene rings is 2. The topological polar surface area (TPSA) is 60.0 Å². The molecule has 6 nitrogen and oxygen atoms in total. The Morgan fingerprint density at radius 1 is 1.17 bits per heavy atom. The zero-order valence-electron chi connectivity index (χ0n) is 17.1. The van der Waals surface area contributed by atoms with Gasteiger partial charge in [-0.2, -0.15) is 0 Å². The van der Waals surface area contributed by atoms with Crippen LogP contribution in [0.25, 0.3) is 0 Å². The Bertz CT molecular complexity index is 785. The minimum Gasteiger partial charge on any atom is -0.496 e. The molecule has 7 heteroatoms. The van der Waals surface area contributed by atoms with Crippen LogP contribution in [0.15, 0.2) is 48.5 Å². The van der Waals surface area contributed by atoms with Crippen molar-refractivity contribution in [3.8, 4) is 11.5 Å². The maximum absolute atomic E-state index is 11.5. The number of rotatable bonds is 7. The summed E-state index contributed by atoms with van der Waals surface area (Å²) in [5.41, 5.74) is 2.39. The summed E-state index contributed by atoms with van der Waals surface area (Å²) in [6.45, 7) is 5.32. The number of para-hydroxylation sites is 1. The van der Waals surface area contributed by atoms with Crippen LogP contribution < -0.4 is 14.8 Å². The van der Waals surface area contributed by atoms with Gasteiger partial charge in [-0.25, -0.2) is 4.79 Å². The molecular formula is C22H29ClN2O4. The van der Waals surface area contributed by atoms with Crippen LogP contribution >= 0.6 is 12.4 Å². The second-order valence-corrected chi connectivity index (χ2v) is 6.86. The number of carbonyl (C=O) groups excluding carboxylic acids is 1. The highest BCUT2D eigenvalue weighted by molar-refractivity contribution is 5.85. The highest BCUT2D eigenvalue weighted by Crippen LogP contribution is 2.31. The fourth-order valence-electron chi connectivity index (χ4n) is 3.51. The molecule has 1 heterocycles. The third kappa shape index (κ3) is 5.85. The number of piperazine rings is 1. The summed E-state index contributed by atoms with van der Waals surface area (Å²) in [6, 6.07) is 16.3. The molecule has 1 aliphatic rings. The van der Waals surface area contributed by atoms with Crippen LogP contribution in [0.1, 0.15) is 24.1 Å². The van der Waals surface area contributed by atoms with Gasteiger partial charge in [0.15, 0.2) is 6.10 Å². The Morgan fingerprint density at radius 2 is 1.90 bits per heavy atom. The molecule has 0 bridgehead atoms. The van der Waals surface area contributed by atoms with Gasteiger partial charge in [-0.3, -0.25) is 4.90 Å². The third-order valence-corrected chi connectivity index (χ3v) is 5.01. The molecule has 1 N–H and O–H groups in total. The van der Waals surface area contributed by atoms with Crippen molar-refractivity contribution in [1.82, 2.24) is 10.2 Å². The molecule has 0 aliphatic carbocycles. The number of nitrogens with zero attached hydrogens (tertiary/aromatic N) is 1. The Labute approximate surface area is 178 Å². The van der Waals surface area contributed by atoms with Gasteiger partial charge in [0.05, 0.1) is 20.3 Å². The summed E-state index contributed by atoms with van der Waals surface area (Å²) in [6.07, 6.45) is -0.626. The first kappa shape index (κ1) is 23.0. The Hall–Kier alpha value is -2.28. The van der Waals surface area contributed by atoms with E-state index in [0.717, 1.165) is 31.9 Å². The molecule has 2 aromatic rings. The van der Waals surface area contributed by atoms with Gasteiger partial charge in [0.2, 0.25) is 0 Å². The number of halogens is 1. The molecule has 0 spiro atoms. The predicted molar refractivity (Wildman–Crippen MR) is 115 cm³/mol. The first-order valence-corrected chi connectivity index (χ1v) is 9.53. The van der Waals surface area contributed by atoms with Crippen LogP contribution in [-0.4, -0.2) is 50.8 Å². The number of nitrogens with one attached hydrogen (secondary N) is 1. The molecule has 158 valence electrons. The van der Waals surface area contributed by atoms with Crippen molar-refractivity contribution in [2.75, 3.05) is 33.9 Å². The predicted octanol–water partition coefficient (Wildman–Crippen LogP) is 3.20. The second-order valence-electron chi connectivity index (χ2n) is 6.86. The molecule has 0 radical (unpaired) electrons. The quantitative estimate of drug-likeness (QED) is 0.694. The SMILES string of the molecule is COC(=O)C(C)Oc1ccc(CN2CCNCC2c2ccccc2OC)cc1.Cl. The molecule has 29 heavy (non-hydrogen) atoms. The number of methoxy groups -OCH3 is 2. The smallest absolute Gasteiger partial charge is 0.346 e. The van der Waals surface area contributed by atoms with Gasteiger partial charge in [-0.05, 0) is 30.7 Å². The van der Waals surface area contributed by atoms with Gasteiger partial charge in [0.25, 0.3) is 0 Å². The van der Waals surface area contributed by atoms with Crippen molar-refractivity contribution in [3.05, 3.63) is 59.7 Å². The molecule has 0 amide bonds.